The van der Waals surface area contributed by atoms with Crippen molar-refractivity contribution in [3.8, 4) is 17.1 Å². The Kier molecular flexibility index (Phi) is 9.00. The third-order valence-electron chi connectivity index (χ3n) is 5.79. The number of piperidine rings is 1. The van der Waals surface area contributed by atoms with Crippen LogP contribution in [-0.2, 0) is 25.5 Å². The van der Waals surface area contributed by atoms with E-state index >= 15 is 0 Å². The summed E-state index contributed by atoms with van der Waals surface area (Å²) in [5.74, 6) is 0.822. The molecular weight excluding hydrogens is 440 g/mol. The number of aryl methyl sites for hydroxylation is 1. The van der Waals surface area contributed by atoms with E-state index in [1.54, 1.807) is 26.0 Å². The van der Waals surface area contributed by atoms with E-state index < -0.39 is 0 Å². The highest BCUT2D eigenvalue weighted by atomic mass is 16.5. The number of likely N-dealkylation sites (tertiary alicyclic amines) is 1. The van der Waals surface area contributed by atoms with Gasteiger partial charge in [0.2, 0.25) is 23.5 Å². The SMILES string of the molecule is CCOC(=O)C1CCCN(C(=O)CN(C)C(=O)CCCc2nc(-c3ccc(OC)cc3)no2)C1. The number of rotatable bonds is 10. The van der Waals surface area contributed by atoms with Crippen LogP contribution in [0.5, 0.6) is 5.75 Å². The van der Waals surface area contributed by atoms with Gasteiger partial charge >= 0.3 is 5.97 Å². The van der Waals surface area contributed by atoms with Crippen molar-refractivity contribution in [3.05, 3.63) is 30.2 Å². The van der Waals surface area contributed by atoms with E-state index in [2.05, 4.69) is 10.1 Å². The summed E-state index contributed by atoms with van der Waals surface area (Å²) in [5.41, 5.74) is 0.813. The zero-order valence-corrected chi connectivity index (χ0v) is 20.0. The highest BCUT2D eigenvalue weighted by Gasteiger charge is 2.30. The average molecular weight is 473 g/mol. The fraction of sp³-hybridized carbons (Fsp3) is 0.542. The first-order valence-corrected chi connectivity index (χ1v) is 11.6. The molecular formula is C24H32N4O6. The van der Waals surface area contributed by atoms with Gasteiger partial charge in [0, 0.05) is 38.5 Å². The first kappa shape index (κ1) is 25.2. The van der Waals surface area contributed by atoms with Crippen LogP contribution in [-0.4, -0.2) is 78.1 Å². The van der Waals surface area contributed by atoms with Crippen LogP contribution in [0.4, 0.5) is 0 Å². The number of nitrogens with zero attached hydrogens (tertiary/aromatic N) is 4. The van der Waals surface area contributed by atoms with Crippen molar-refractivity contribution < 1.29 is 28.4 Å². The molecule has 2 heterocycles. The third kappa shape index (κ3) is 6.79. The fourth-order valence-corrected chi connectivity index (χ4v) is 3.84. The minimum atomic E-state index is -0.295. The molecule has 0 aliphatic carbocycles. The van der Waals surface area contributed by atoms with Crippen molar-refractivity contribution in [1.29, 1.82) is 0 Å². The summed E-state index contributed by atoms with van der Waals surface area (Å²) in [6, 6.07) is 7.34. The summed E-state index contributed by atoms with van der Waals surface area (Å²) in [6.07, 6.45) is 2.71. The second-order valence-electron chi connectivity index (χ2n) is 8.27. The quantitative estimate of drug-likeness (QED) is 0.484. The molecule has 1 unspecified atom stereocenters. The van der Waals surface area contributed by atoms with E-state index in [-0.39, 0.29) is 36.7 Å². The van der Waals surface area contributed by atoms with Crippen LogP contribution >= 0.6 is 0 Å². The van der Waals surface area contributed by atoms with E-state index in [1.165, 1.54) is 4.90 Å². The maximum Gasteiger partial charge on any atom is 0.310 e. The molecule has 1 fully saturated rings. The zero-order valence-electron chi connectivity index (χ0n) is 20.0. The van der Waals surface area contributed by atoms with Crippen molar-refractivity contribution >= 4 is 17.8 Å². The van der Waals surface area contributed by atoms with Gasteiger partial charge < -0.3 is 23.8 Å². The Balaban J connectivity index is 1.42. The molecule has 1 aromatic carbocycles. The summed E-state index contributed by atoms with van der Waals surface area (Å²) in [6.45, 7) is 3.00. The molecule has 10 heteroatoms. The van der Waals surface area contributed by atoms with Crippen molar-refractivity contribution in [1.82, 2.24) is 19.9 Å². The Hall–Kier alpha value is -3.43. The average Bonchev–Trinajstić information content (AvgIpc) is 3.33. The molecule has 2 amide bonds. The Morgan fingerprint density at radius 3 is 2.71 bits per heavy atom. The minimum Gasteiger partial charge on any atom is -0.497 e. The van der Waals surface area contributed by atoms with Crippen LogP contribution in [0.15, 0.2) is 28.8 Å². The molecule has 10 nitrogen and oxygen atoms in total. The standard InChI is InChI=1S/C24H32N4O6/c1-4-33-24(31)18-7-6-14-28(15-18)22(30)16-27(2)21(29)9-5-8-20-25-23(26-34-20)17-10-12-19(32-3)13-11-17/h10-13,18H,4-9,14-16H2,1-3H3. The van der Waals surface area contributed by atoms with Gasteiger partial charge in [-0.3, -0.25) is 14.4 Å². The van der Waals surface area contributed by atoms with Crippen LogP contribution in [0.2, 0.25) is 0 Å². The van der Waals surface area contributed by atoms with E-state index in [4.69, 9.17) is 14.0 Å². The molecule has 1 atom stereocenters. The molecule has 0 spiro atoms. The normalized spacial score (nSPS) is 15.6. The van der Waals surface area contributed by atoms with Crippen molar-refractivity contribution in [2.24, 2.45) is 5.92 Å². The van der Waals surface area contributed by atoms with E-state index in [1.807, 2.05) is 24.3 Å². The number of likely N-dealkylation sites (N-methyl/N-ethyl adjacent to an activating group) is 1. The van der Waals surface area contributed by atoms with Gasteiger partial charge in [0.25, 0.3) is 0 Å². The summed E-state index contributed by atoms with van der Waals surface area (Å²) in [7, 11) is 3.22. The maximum absolute atomic E-state index is 12.7. The number of ether oxygens (including phenoxy) is 2. The summed E-state index contributed by atoms with van der Waals surface area (Å²) >= 11 is 0. The lowest BCUT2D eigenvalue weighted by Crippen LogP contribution is -2.47. The number of aromatic nitrogens is 2. The molecule has 34 heavy (non-hydrogen) atoms. The lowest BCUT2D eigenvalue weighted by atomic mass is 9.98. The van der Waals surface area contributed by atoms with E-state index in [0.29, 0.717) is 50.7 Å². The molecule has 3 rings (SSSR count). The zero-order chi connectivity index (χ0) is 24.5. The predicted molar refractivity (Wildman–Crippen MR) is 123 cm³/mol. The highest BCUT2D eigenvalue weighted by Crippen LogP contribution is 2.20. The van der Waals surface area contributed by atoms with Crippen molar-refractivity contribution in [3.63, 3.8) is 0 Å². The van der Waals surface area contributed by atoms with Gasteiger partial charge in [0.1, 0.15) is 5.75 Å². The molecule has 1 aliphatic heterocycles. The van der Waals surface area contributed by atoms with Crippen LogP contribution in [0, 0.1) is 5.92 Å². The Morgan fingerprint density at radius 2 is 2.00 bits per heavy atom. The molecule has 1 aromatic heterocycles. The van der Waals surface area contributed by atoms with Gasteiger partial charge in [0.05, 0.1) is 26.2 Å². The van der Waals surface area contributed by atoms with Crippen LogP contribution in [0.3, 0.4) is 0 Å². The number of benzene rings is 1. The van der Waals surface area contributed by atoms with Gasteiger partial charge in [-0.05, 0) is 50.5 Å². The van der Waals surface area contributed by atoms with Gasteiger partial charge in [0.15, 0.2) is 0 Å². The smallest absolute Gasteiger partial charge is 0.310 e. The number of methoxy groups -OCH3 is 1. The first-order valence-electron chi connectivity index (χ1n) is 11.6. The Labute approximate surface area is 199 Å². The highest BCUT2D eigenvalue weighted by molar-refractivity contribution is 5.85. The molecule has 2 aromatic rings. The largest absolute Gasteiger partial charge is 0.497 e. The molecule has 0 radical (unpaired) electrons. The third-order valence-corrected chi connectivity index (χ3v) is 5.79. The number of amides is 2. The minimum absolute atomic E-state index is 0.0173. The fourth-order valence-electron chi connectivity index (χ4n) is 3.84. The van der Waals surface area contributed by atoms with Crippen LogP contribution in [0.1, 0.15) is 38.5 Å². The van der Waals surface area contributed by atoms with E-state index in [0.717, 1.165) is 17.7 Å². The first-order chi connectivity index (χ1) is 16.4. The molecule has 0 saturated carbocycles. The van der Waals surface area contributed by atoms with Crippen molar-refractivity contribution in [2.45, 2.75) is 39.0 Å². The molecule has 184 valence electrons. The predicted octanol–water partition coefficient (Wildman–Crippen LogP) is 2.33. The topological polar surface area (TPSA) is 115 Å². The number of hydrogen-bond donors (Lipinski definition) is 0. The number of carbonyl (C=O) groups excluding carboxylic acids is 3. The van der Waals surface area contributed by atoms with Gasteiger partial charge in [-0.1, -0.05) is 5.16 Å². The monoisotopic (exact) mass is 472 g/mol. The number of carbonyl (C=O) groups is 3. The molecule has 1 saturated heterocycles. The van der Waals surface area contributed by atoms with Gasteiger partial charge in [-0.25, -0.2) is 0 Å². The van der Waals surface area contributed by atoms with Crippen molar-refractivity contribution in [2.75, 3.05) is 40.4 Å². The molecule has 1 aliphatic rings. The van der Waals surface area contributed by atoms with E-state index in [9.17, 15) is 14.4 Å². The Bertz CT molecular complexity index is 974. The van der Waals surface area contributed by atoms with Gasteiger partial charge in [-0.15, -0.1) is 0 Å². The lowest BCUT2D eigenvalue weighted by molar-refractivity contribution is -0.152. The number of hydrogen-bond acceptors (Lipinski definition) is 8. The lowest BCUT2D eigenvalue weighted by Gasteiger charge is -2.32. The van der Waals surface area contributed by atoms with Crippen LogP contribution < -0.4 is 4.74 Å². The second-order valence-corrected chi connectivity index (χ2v) is 8.27. The molecule has 0 bridgehead atoms. The summed E-state index contributed by atoms with van der Waals surface area (Å²) < 4.78 is 15.5. The van der Waals surface area contributed by atoms with Gasteiger partial charge in [-0.2, -0.15) is 4.98 Å². The maximum atomic E-state index is 12.7. The Morgan fingerprint density at radius 1 is 1.24 bits per heavy atom. The number of esters is 1. The van der Waals surface area contributed by atoms with Crippen LogP contribution in [0.25, 0.3) is 11.4 Å². The summed E-state index contributed by atoms with van der Waals surface area (Å²) in [5, 5.41) is 3.99. The summed E-state index contributed by atoms with van der Waals surface area (Å²) in [4.78, 5) is 44.6. The molecule has 0 N–H and O–H groups in total. The second kappa shape index (κ2) is 12.2.